The van der Waals surface area contributed by atoms with Gasteiger partial charge < -0.3 is 5.32 Å². The number of carbonyl (C=O) groups excluding carboxylic acids is 2. The first-order chi connectivity index (χ1) is 15.9. The van der Waals surface area contributed by atoms with Crippen LogP contribution in [0.5, 0.6) is 0 Å². The predicted molar refractivity (Wildman–Crippen MR) is 127 cm³/mol. The molecule has 0 bridgehead atoms. The summed E-state index contributed by atoms with van der Waals surface area (Å²) in [4.78, 5) is 31.8. The van der Waals surface area contributed by atoms with E-state index in [2.05, 4.69) is 10.3 Å². The fraction of sp³-hybridized carbons (Fsp3) is 0.240. The number of hydrogen-bond acceptors (Lipinski definition) is 5. The number of rotatable bonds is 8. The summed E-state index contributed by atoms with van der Waals surface area (Å²) in [5.41, 5.74) is 1.82. The third kappa shape index (κ3) is 5.46. The third-order valence-corrected chi connectivity index (χ3v) is 7.22. The van der Waals surface area contributed by atoms with Gasteiger partial charge in [-0.05, 0) is 66.9 Å². The van der Waals surface area contributed by atoms with Gasteiger partial charge in [0.2, 0.25) is 5.91 Å². The zero-order chi connectivity index (χ0) is 23.4. The van der Waals surface area contributed by atoms with Crippen molar-refractivity contribution >= 4 is 33.2 Å². The maximum Gasteiger partial charge on any atom is 0.259 e. The fourth-order valence-electron chi connectivity index (χ4n) is 3.49. The molecule has 4 rings (SSSR count). The summed E-state index contributed by atoms with van der Waals surface area (Å²) in [5, 5.41) is 2.81. The molecule has 1 heterocycles. The Hall–Kier alpha value is -3.52. The molecule has 2 aromatic carbocycles. The maximum absolute atomic E-state index is 13.1. The molecule has 2 amide bonds. The van der Waals surface area contributed by atoms with E-state index in [4.69, 9.17) is 0 Å². The average molecular weight is 464 g/mol. The van der Waals surface area contributed by atoms with Crippen molar-refractivity contribution in [2.24, 2.45) is 0 Å². The number of aromatic nitrogens is 1. The molecule has 0 aliphatic heterocycles. The van der Waals surface area contributed by atoms with Crippen LogP contribution in [0.25, 0.3) is 0 Å². The molecule has 3 aromatic rings. The van der Waals surface area contributed by atoms with Gasteiger partial charge in [0.25, 0.3) is 5.91 Å². The van der Waals surface area contributed by atoms with Gasteiger partial charge in [-0.2, -0.15) is 0 Å². The van der Waals surface area contributed by atoms with Crippen molar-refractivity contribution in [3.05, 3.63) is 84.1 Å². The first-order valence-electron chi connectivity index (χ1n) is 10.8. The van der Waals surface area contributed by atoms with Crippen molar-refractivity contribution in [1.29, 1.82) is 0 Å². The Kier molecular flexibility index (Phi) is 6.55. The first kappa shape index (κ1) is 22.7. The molecule has 0 atom stereocenters. The third-order valence-electron chi connectivity index (χ3n) is 5.47. The molecule has 170 valence electrons. The summed E-state index contributed by atoms with van der Waals surface area (Å²) in [6.45, 7) is 1.59. The highest BCUT2D eigenvalue weighted by molar-refractivity contribution is 7.91. The molecule has 33 heavy (non-hydrogen) atoms. The number of nitrogens with one attached hydrogen (secondary N) is 1. The number of hydrogen-bond donors (Lipinski definition) is 1. The Morgan fingerprint density at radius 1 is 1.00 bits per heavy atom. The van der Waals surface area contributed by atoms with Crippen molar-refractivity contribution in [2.75, 3.05) is 16.0 Å². The number of carbonyl (C=O) groups is 2. The minimum Gasteiger partial charge on any atom is -0.326 e. The van der Waals surface area contributed by atoms with Gasteiger partial charge in [0.05, 0.1) is 17.1 Å². The van der Waals surface area contributed by atoms with Crippen LogP contribution in [0.3, 0.4) is 0 Å². The minimum atomic E-state index is -3.26. The Bertz CT molecular complexity index is 1240. The van der Waals surface area contributed by atoms with E-state index >= 15 is 0 Å². The lowest BCUT2D eigenvalue weighted by molar-refractivity contribution is -0.115. The van der Waals surface area contributed by atoms with Crippen molar-refractivity contribution in [3.8, 4) is 0 Å². The first-order valence-corrected chi connectivity index (χ1v) is 12.5. The second-order valence-corrected chi connectivity index (χ2v) is 10.2. The molecule has 1 fully saturated rings. The second kappa shape index (κ2) is 9.54. The van der Waals surface area contributed by atoms with Gasteiger partial charge in [0.15, 0.2) is 9.84 Å². The normalized spacial score (nSPS) is 13.4. The smallest absolute Gasteiger partial charge is 0.259 e. The number of amides is 2. The van der Waals surface area contributed by atoms with Crippen molar-refractivity contribution in [1.82, 2.24) is 4.98 Å². The van der Waals surface area contributed by atoms with Crippen LogP contribution in [0.1, 0.15) is 35.7 Å². The van der Waals surface area contributed by atoms with Gasteiger partial charge in [-0.25, -0.2) is 13.4 Å². The highest BCUT2D eigenvalue weighted by atomic mass is 32.2. The van der Waals surface area contributed by atoms with E-state index in [0.717, 1.165) is 12.8 Å². The zero-order valence-electron chi connectivity index (χ0n) is 18.3. The van der Waals surface area contributed by atoms with E-state index < -0.39 is 9.84 Å². The summed E-state index contributed by atoms with van der Waals surface area (Å²) in [7, 11) is -3.26. The molecule has 1 N–H and O–H groups in total. The van der Waals surface area contributed by atoms with Gasteiger partial charge in [-0.15, -0.1) is 0 Å². The molecule has 0 saturated heterocycles. The molecular weight excluding hydrogens is 438 g/mol. The van der Waals surface area contributed by atoms with Crippen LogP contribution in [0.4, 0.5) is 11.5 Å². The Labute approximate surface area is 193 Å². The summed E-state index contributed by atoms with van der Waals surface area (Å²) in [6, 6.07) is 18.8. The molecule has 1 aliphatic rings. The molecule has 1 aliphatic carbocycles. The highest BCUT2D eigenvalue weighted by Crippen LogP contribution is 2.32. The van der Waals surface area contributed by atoms with E-state index in [1.807, 2.05) is 18.2 Å². The van der Waals surface area contributed by atoms with Gasteiger partial charge in [-0.3, -0.25) is 14.5 Å². The lowest BCUT2D eigenvalue weighted by Gasteiger charge is -2.21. The van der Waals surface area contributed by atoms with Crippen molar-refractivity contribution in [3.63, 3.8) is 0 Å². The summed E-state index contributed by atoms with van der Waals surface area (Å²) < 4.78 is 23.8. The molecule has 7 nitrogen and oxygen atoms in total. The number of anilines is 2. The number of pyridine rings is 1. The van der Waals surface area contributed by atoms with Crippen LogP contribution in [0.15, 0.2) is 77.8 Å². The maximum atomic E-state index is 13.1. The van der Waals surface area contributed by atoms with Crippen LogP contribution in [0, 0.1) is 0 Å². The highest BCUT2D eigenvalue weighted by Gasteiger charge is 2.34. The molecule has 1 saturated carbocycles. The lowest BCUT2D eigenvalue weighted by Crippen LogP contribution is -2.33. The van der Waals surface area contributed by atoms with Crippen LogP contribution in [0.2, 0.25) is 0 Å². The fourth-order valence-corrected chi connectivity index (χ4v) is 4.38. The summed E-state index contributed by atoms with van der Waals surface area (Å²) in [6.07, 6.45) is 3.71. The molecule has 0 spiro atoms. The van der Waals surface area contributed by atoms with Crippen molar-refractivity contribution in [2.45, 2.75) is 37.1 Å². The van der Waals surface area contributed by atoms with E-state index in [-0.39, 0.29) is 34.9 Å². The second-order valence-electron chi connectivity index (χ2n) is 7.94. The summed E-state index contributed by atoms with van der Waals surface area (Å²) >= 11 is 0. The minimum absolute atomic E-state index is 0.0333. The zero-order valence-corrected chi connectivity index (χ0v) is 19.1. The van der Waals surface area contributed by atoms with E-state index in [0.29, 0.717) is 22.6 Å². The Morgan fingerprint density at radius 2 is 1.70 bits per heavy atom. The van der Waals surface area contributed by atoms with Crippen LogP contribution in [-0.4, -0.2) is 37.0 Å². The van der Waals surface area contributed by atoms with Crippen LogP contribution < -0.4 is 10.2 Å². The topological polar surface area (TPSA) is 96.4 Å². The molecule has 0 unspecified atom stereocenters. The SMILES string of the molecule is CCS(=O)(=O)c1ccc(CC(=O)Nc2ccc(C(=O)N(c3ccccn3)C3CC3)cc2)cc1. The molecule has 0 radical (unpaired) electrons. The number of sulfone groups is 1. The molecule has 8 heteroatoms. The average Bonchev–Trinajstić information content (AvgIpc) is 3.66. The summed E-state index contributed by atoms with van der Waals surface area (Å²) in [5.74, 6) is 0.329. The number of benzene rings is 2. The largest absolute Gasteiger partial charge is 0.326 e. The van der Waals surface area contributed by atoms with Crippen molar-refractivity contribution < 1.29 is 18.0 Å². The van der Waals surface area contributed by atoms with Gasteiger partial charge in [0, 0.05) is 23.5 Å². The molecule has 1 aromatic heterocycles. The monoisotopic (exact) mass is 463 g/mol. The lowest BCUT2D eigenvalue weighted by atomic mass is 10.1. The standard InChI is InChI=1S/C25H25N3O4S/c1-2-33(31,32)22-14-6-18(7-15-22)17-24(29)27-20-10-8-19(9-11-20)25(30)28(21-12-13-21)23-5-3-4-16-26-23/h3-11,14-16,21H,2,12-13,17H2,1H3,(H,27,29). The van der Waals surface area contributed by atoms with E-state index in [1.165, 1.54) is 12.1 Å². The quantitative estimate of drug-likeness (QED) is 0.547. The Morgan fingerprint density at radius 3 is 2.27 bits per heavy atom. The van der Waals surface area contributed by atoms with Gasteiger partial charge >= 0.3 is 0 Å². The van der Waals surface area contributed by atoms with Gasteiger partial charge in [0.1, 0.15) is 5.82 Å². The van der Waals surface area contributed by atoms with Gasteiger partial charge in [-0.1, -0.05) is 25.1 Å². The Balaban J connectivity index is 1.39. The van der Waals surface area contributed by atoms with E-state index in [9.17, 15) is 18.0 Å². The van der Waals surface area contributed by atoms with Crippen LogP contribution >= 0.6 is 0 Å². The van der Waals surface area contributed by atoms with Crippen LogP contribution in [-0.2, 0) is 21.1 Å². The van der Waals surface area contributed by atoms with E-state index in [1.54, 1.807) is 54.4 Å². The predicted octanol–water partition coefficient (Wildman–Crippen LogP) is 3.87. The number of nitrogens with zero attached hydrogens (tertiary/aromatic N) is 2. The molecular formula is C25H25N3O4S.